The first kappa shape index (κ1) is 19.6. The maximum atomic E-state index is 12.1. The summed E-state index contributed by atoms with van der Waals surface area (Å²) in [6.45, 7) is 3.92. The molecule has 0 saturated carbocycles. The lowest BCUT2D eigenvalue weighted by Gasteiger charge is -2.10. The number of methoxy groups -OCH3 is 1. The lowest BCUT2D eigenvalue weighted by molar-refractivity contribution is -0.114. The highest BCUT2D eigenvalue weighted by Gasteiger charge is 2.04. The molecule has 0 bridgehead atoms. The molecule has 0 atom stereocenters. The Hall–Kier alpha value is -2.73. The second-order valence-corrected chi connectivity index (χ2v) is 5.64. The summed E-state index contributed by atoms with van der Waals surface area (Å²) in [7, 11) is 1.62. The second-order valence-electron chi connectivity index (χ2n) is 5.64. The molecular formula is C20H26N2O4. The van der Waals surface area contributed by atoms with Crippen LogP contribution in [0.25, 0.3) is 0 Å². The summed E-state index contributed by atoms with van der Waals surface area (Å²) in [5.74, 6) is 1.38. The van der Waals surface area contributed by atoms with E-state index in [-0.39, 0.29) is 12.5 Å². The van der Waals surface area contributed by atoms with Crippen molar-refractivity contribution in [3.63, 3.8) is 0 Å². The number of hydrogen-bond acceptors (Lipinski definition) is 5. The van der Waals surface area contributed by atoms with Crippen LogP contribution in [0.4, 0.5) is 11.4 Å². The third-order valence-electron chi connectivity index (χ3n) is 3.45. The molecule has 0 saturated heterocycles. The number of nitrogens with one attached hydrogen (secondary N) is 2. The molecule has 26 heavy (non-hydrogen) atoms. The lowest BCUT2D eigenvalue weighted by Crippen LogP contribution is -2.21. The van der Waals surface area contributed by atoms with Crippen LogP contribution >= 0.6 is 0 Å². The third kappa shape index (κ3) is 7.03. The molecule has 6 nitrogen and oxygen atoms in total. The van der Waals surface area contributed by atoms with Crippen molar-refractivity contribution in [3.8, 4) is 11.5 Å². The highest BCUT2D eigenvalue weighted by molar-refractivity contribution is 5.93. The molecule has 2 rings (SSSR count). The highest BCUT2D eigenvalue weighted by atomic mass is 16.5. The number of carbonyl (C=O) groups excluding carboxylic acids is 1. The smallest absolute Gasteiger partial charge is 0.243 e. The molecule has 2 aromatic carbocycles. The standard InChI is InChI=1S/C20H26N2O4/c1-3-11-25-18-9-7-16(8-10-18)21-15-20(23)22-17-5-4-6-19(14-17)26-13-12-24-2/h4-10,14,21H,3,11-13,15H2,1-2H3,(H,22,23). The van der Waals surface area contributed by atoms with E-state index < -0.39 is 0 Å². The van der Waals surface area contributed by atoms with Crippen molar-refractivity contribution < 1.29 is 19.0 Å². The largest absolute Gasteiger partial charge is 0.494 e. The molecule has 0 heterocycles. The lowest BCUT2D eigenvalue weighted by atomic mass is 10.3. The van der Waals surface area contributed by atoms with Crippen LogP contribution < -0.4 is 20.1 Å². The number of ether oxygens (including phenoxy) is 3. The topological polar surface area (TPSA) is 68.8 Å². The van der Waals surface area contributed by atoms with Crippen LogP contribution in [0.2, 0.25) is 0 Å². The van der Waals surface area contributed by atoms with Crippen LogP contribution in [0, 0.1) is 0 Å². The summed E-state index contributed by atoms with van der Waals surface area (Å²) in [5, 5.41) is 5.93. The summed E-state index contributed by atoms with van der Waals surface area (Å²) in [5.41, 5.74) is 1.55. The predicted octanol–water partition coefficient (Wildman–Crippen LogP) is 3.55. The van der Waals surface area contributed by atoms with Gasteiger partial charge in [0.05, 0.1) is 19.8 Å². The quantitative estimate of drug-likeness (QED) is 0.601. The van der Waals surface area contributed by atoms with Crippen molar-refractivity contribution in [1.29, 1.82) is 0 Å². The summed E-state index contributed by atoms with van der Waals surface area (Å²) in [4.78, 5) is 12.1. The molecule has 0 aliphatic rings. The van der Waals surface area contributed by atoms with Crippen LogP contribution in [0.3, 0.4) is 0 Å². The monoisotopic (exact) mass is 358 g/mol. The first-order chi connectivity index (χ1) is 12.7. The van der Waals surface area contributed by atoms with E-state index in [1.54, 1.807) is 13.2 Å². The minimum absolute atomic E-state index is 0.134. The van der Waals surface area contributed by atoms with Crippen molar-refractivity contribution in [2.45, 2.75) is 13.3 Å². The van der Waals surface area contributed by atoms with Gasteiger partial charge in [-0.25, -0.2) is 0 Å². The van der Waals surface area contributed by atoms with Gasteiger partial charge in [-0.1, -0.05) is 13.0 Å². The fourth-order valence-corrected chi connectivity index (χ4v) is 2.18. The Morgan fingerprint density at radius 1 is 0.923 bits per heavy atom. The van der Waals surface area contributed by atoms with E-state index in [1.807, 2.05) is 42.5 Å². The Morgan fingerprint density at radius 3 is 2.42 bits per heavy atom. The summed E-state index contributed by atoms with van der Waals surface area (Å²) in [6.07, 6.45) is 0.971. The van der Waals surface area contributed by atoms with Gasteiger partial charge in [-0.15, -0.1) is 0 Å². The van der Waals surface area contributed by atoms with E-state index in [1.165, 1.54) is 0 Å². The SMILES string of the molecule is CCCOc1ccc(NCC(=O)Nc2cccc(OCCOC)c2)cc1. The average Bonchev–Trinajstić information content (AvgIpc) is 2.66. The maximum absolute atomic E-state index is 12.1. The Balaban J connectivity index is 1.78. The Labute approximate surface area is 154 Å². The zero-order valence-electron chi connectivity index (χ0n) is 15.3. The van der Waals surface area contributed by atoms with Crippen molar-refractivity contribution in [3.05, 3.63) is 48.5 Å². The minimum Gasteiger partial charge on any atom is -0.494 e. The predicted molar refractivity (Wildman–Crippen MR) is 103 cm³/mol. The van der Waals surface area contributed by atoms with Gasteiger partial charge in [-0.2, -0.15) is 0 Å². The van der Waals surface area contributed by atoms with E-state index >= 15 is 0 Å². The molecule has 0 aliphatic carbocycles. The molecule has 0 aliphatic heterocycles. The molecule has 1 amide bonds. The van der Waals surface area contributed by atoms with E-state index in [2.05, 4.69) is 17.6 Å². The van der Waals surface area contributed by atoms with Crippen molar-refractivity contribution in [2.75, 3.05) is 44.1 Å². The Morgan fingerprint density at radius 2 is 1.69 bits per heavy atom. The average molecular weight is 358 g/mol. The van der Waals surface area contributed by atoms with Gasteiger partial charge in [0.25, 0.3) is 0 Å². The molecule has 2 N–H and O–H groups in total. The zero-order valence-corrected chi connectivity index (χ0v) is 15.3. The van der Waals surface area contributed by atoms with E-state index in [0.717, 1.165) is 17.9 Å². The fraction of sp³-hybridized carbons (Fsp3) is 0.350. The first-order valence-electron chi connectivity index (χ1n) is 8.69. The molecule has 0 aromatic heterocycles. The molecular weight excluding hydrogens is 332 g/mol. The normalized spacial score (nSPS) is 10.2. The first-order valence-corrected chi connectivity index (χ1v) is 8.69. The summed E-state index contributed by atoms with van der Waals surface area (Å²) >= 11 is 0. The number of amides is 1. The highest BCUT2D eigenvalue weighted by Crippen LogP contribution is 2.18. The van der Waals surface area contributed by atoms with Gasteiger partial charge in [0, 0.05) is 24.6 Å². The van der Waals surface area contributed by atoms with Crippen LogP contribution in [0.15, 0.2) is 48.5 Å². The van der Waals surface area contributed by atoms with E-state index in [4.69, 9.17) is 14.2 Å². The fourth-order valence-electron chi connectivity index (χ4n) is 2.18. The van der Waals surface area contributed by atoms with Crippen LogP contribution in [-0.2, 0) is 9.53 Å². The Bertz CT molecular complexity index is 674. The number of carbonyl (C=O) groups is 1. The molecule has 0 spiro atoms. The van der Waals surface area contributed by atoms with Gasteiger partial charge in [0.2, 0.25) is 5.91 Å². The number of benzene rings is 2. The molecule has 0 fully saturated rings. The van der Waals surface area contributed by atoms with Crippen molar-refractivity contribution in [2.24, 2.45) is 0 Å². The van der Waals surface area contributed by atoms with Gasteiger partial charge in [0.15, 0.2) is 0 Å². The number of rotatable bonds is 11. The van der Waals surface area contributed by atoms with Crippen LogP contribution in [0.5, 0.6) is 11.5 Å². The van der Waals surface area contributed by atoms with Gasteiger partial charge in [0.1, 0.15) is 18.1 Å². The summed E-state index contributed by atoms with van der Waals surface area (Å²) < 4.78 is 16.0. The van der Waals surface area contributed by atoms with E-state index in [9.17, 15) is 4.79 Å². The Kier molecular flexibility index (Phi) is 8.29. The zero-order chi connectivity index (χ0) is 18.6. The molecule has 2 aromatic rings. The van der Waals surface area contributed by atoms with Gasteiger partial charge in [-0.05, 0) is 42.8 Å². The maximum Gasteiger partial charge on any atom is 0.243 e. The van der Waals surface area contributed by atoms with Gasteiger partial charge < -0.3 is 24.8 Å². The number of anilines is 2. The van der Waals surface area contributed by atoms with Crippen molar-refractivity contribution >= 4 is 17.3 Å². The number of hydrogen-bond donors (Lipinski definition) is 2. The van der Waals surface area contributed by atoms with Crippen LogP contribution in [-0.4, -0.2) is 39.4 Å². The molecule has 0 unspecified atom stereocenters. The second kappa shape index (κ2) is 11.0. The van der Waals surface area contributed by atoms with E-state index in [0.29, 0.717) is 31.3 Å². The molecule has 0 radical (unpaired) electrons. The van der Waals surface area contributed by atoms with Gasteiger partial charge >= 0.3 is 0 Å². The van der Waals surface area contributed by atoms with Crippen LogP contribution in [0.1, 0.15) is 13.3 Å². The molecule has 6 heteroatoms. The summed E-state index contributed by atoms with van der Waals surface area (Å²) in [6, 6.07) is 14.8. The molecule has 140 valence electrons. The van der Waals surface area contributed by atoms with Gasteiger partial charge in [-0.3, -0.25) is 4.79 Å². The minimum atomic E-state index is -0.134. The third-order valence-corrected chi connectivity index (χ3v) is 3.45. The van der Waals surface area contributed by atoms with Crippen molar-refractivity contribution in [1.82, 2.24) is 0 Å².